The molecule has 5 aromatic rings. The number of benzene rings is 3. The van der Waals surface area contributed by atoms with Gasteiger partial charge >= 0.3 is 0 Å². The van der Waals surface area contributed by atoms with E-state index in [-0.39, 0.29) is 18.2 Å². The average molecular weight is 481 g/mol. The first-order valence-corrected chi connectivity index (χ1v) is 11.4. The van der Waals surface area contributed by atoms with Crippen molar-refractivity contribution in [3.05, 3.63) is 113 Å². The number of nitrogens with zero attached hydrogens (tertiary/aromatic N) is 3. The molecule has 36 heavy (non-hydrogen) atoms. The fraction of sp³-hybridized carbons (Fsp3) is 0.103. The molecule has 7 heteroatoms. The molecule has 1 N–H and O–H groups in total. The molecule has 3 aromatic carbocycles. The summed E-state index contributed by atoms with van der Waals surface area (Å²) in [6.45, 7) is 4.11. The maximum absolute atomic E-state index is 13.8. The van der Waals surface area contributed by atoms with Crippen LogP contribution in [0.2, 0.25) is 0 Å². The number of nitriles is 1. The lowest BCUT2D eigenvalue weighted by atomic mass is 10.1. The van der Waals surface area contributed by atoms with Crippen LogP contribution in [0.25, 0.3) is 28.4 Å². The molecule has 5 rings (SSSR count). The van der Waals surface area contributed by atoms with E-state index in [4.69, 9.17) is 4.74 Å². The van der Waals surface area contributed by atoms with E-state index in [0.717, 1.165) is 22.6 Å². The predicted molar refractivity (Wildman–Crippen MR) is 136 cm³/mol. The highest BCUT2D eigenvalue weighted by Gasteiger charge is 2.14. The van der Waals surface area contributed by atoms with Crippen molar-refractivity contribution in [3.8, 4) is 17.5 Å². The van der Waals surface area contributed by atoms with Gasteiger partial charge in [-0.15, -0.1) is 0 Å². The minimum atomic E-state index is -0.368. The van der Waals surface area contributed by atoms with Gasteiger partial charge in [0.05, 0.1) is 16.6 Å². The lowest BCUT2D eigenvalue weighted by Gasteiger charge is -2.12. The van der Waals surface area contributed by atoms with E-state index >= 15 is 0 Å². The van der Waals surface area contributed by atoms with Crippen LogP contribution in [0.15, 0.2) is 72.8 Å². The van der Waals surface area contributed by atoms with Crippen molar-refractivity contribution in [2.75, 3.05) is 0 Å². The number of fused-ring (bicyclic) bond motifs is 1. The maximum Gasteiger partial charge on any atom is 0.149 e. The fourth-order valence-electron chi connectivity index (χ4n) is 4.22. The minimum Gasteiger partial charge on any atom is -0.489 e. The molecule has 0 aliphatic carbocycles. The number of nitrogens with one attached hydrogen (secondary N) is 1. The van der Waals surface area contributed by atoms with Gasteiger partial charge in [0.1, 0.15) is 35.9 Å². The molecule has 0 spiro atoms. The highest BCUT2D eigenvalue weighted by molar-refractivity contribution is 5.90. The molecule has 0 atom stereocenters. The molecule has 0 unspecified atom stereocenters. The predicted octanol–water partition coefficient (Wildman–Crippen LogP) is 6.89. The summed E-state index contributed by atoms with van der Waals surface area (Å²) in [5.41, 5.74) is 5.72. The Morgan fingerprint density at radius 1 is 1.06 bits per heavy atom. The van der Waals surface area contributed by atoms with Crippen molar-refractivity contribution in [1.29, 1.82) is 5.26 Å². The second kappa shape index (κ2) is 9.51. The standard InChI is InChI=1S/C29H22F2N4O/c1-18-13-21(14-22(16-32)29-33-27-12-7-23(30)15-28(27)34-29)19(2)35(18)24-8-10-25(11-9-24)36-17-20-5-3-4-6-26(20)31/h3-15H,17H2,1-2H3,(H,33,34)/b22-14-. The number of hydrogen-bond acceptors (Lipinski definition) is 3. The monoisotopic (exact) mass is 480 g/mol. The molecular formula is C29H22F2N4O. The summed E-state index contributed by atoms with van der Waals surface area (Å²) >= 11 is 0. The minimum absolute atomic E-state index is 0.147. The summed E-state index contributed by atoms with van der Waals surface area (Å²) in [5, 5.41) is 9.79. The van der Waals surface area contributed by atoms with Crippen LogP contribution in [-0.4, -0.2) is 14.5 Å². The molecular weight excluding hydrogens is 458 g/mol. The second-order valence-corrected chi connectivity index (χ2v) is 8.45. The van der Waals surface area contributed by atoms with Crippen molar-refractivity contribution in [2.24, 2.45) is 0 Å². The number of aromatic nitrogens is 3. The molecule has 0 radical (unpaired) electrons. The number of H-pyrrole nitrogens is 1. The number of halogens is 2. The highest BCUT2D eigenvalue weighted by atomic mass is 19.1. The number of rotatable bonds is 6. The molecule has 2 aromatic heterocycles. The van der Waals surface area contributed by atoms with E-state index in [1.54, 1.807) is 30.3 Å². The molecule has 0 saturated heterocycles. The number of ether oxygens (including phenoxy) is 1. The van der Waals surface area contributed by atoms with Crippen LogP contribution < -0.4 is 4.74 Å². The topological polar surface area (TPSA) is 66.6 Å². The smallest absolute Gasteiger partial charge is 0.149 e. The fourth-order valence-corrected chi connectivity index (χ4v) is 4.22. The van der Waals surface area contributed by atoms with Gasteiger partial charge in [0.25, 0.3) is 0 Å². The van der Waals surface area contributed by atoms with Gasteiger partial charge < -0.3 is 14.3 Å². The van der Waals surface area contributed by atoms with Crippen LogP contribution in [0.4, 0.5) is 8.78 Å². The van der Waals surface area contributed by atoms with Crippen molar-refractivity contribution in [1.82, 2.24) is 14.5 Å². The van der Waals surface area contributed by atoms with Crippen molar-refractivity contribution in [3.63, 3.8) is 0 Å². The molecule has 0 saturated carbocycles. The number of allylic oxidation sites excluding steroid dienone is 1. The second-order valence-electron chi connectivity index (χ2n) is 8.45. The summed E-state index contributed by atoms with van der Waals surface area (Å²) in [6, 6.07) is 22.6. The third-order valence-electron chi connectivity index (χ3n) is 6.04. The number of aromatic amines is 1. The average Bonchev–Trinajstić information content (AvgIpc) is 3.41. The van der Waals surface area contributed by atoms with Gasteiger partial charge in [-0.2, -0.15) is 5.26 Å². The van der Waals surface area contributed by atoms with Crippen molar-refractivity contribution >= 4 is 22.7 Å². The number of imidazole rings is 1. The zero-order valence-electron chi connectivity index (χ0n) is 19.7. The van der Waals surface area contributed by atoms with Crippen molar-refractivity contribution < 1.29 is 13.5 Å². The van der Waals surface area contributed by atoms with Gasteiger partial charge in [-0.05, 0) is 80.1 Å². The van der Waals surface area contributed by atoms with Gasteiger partial charge in [0, 0.05) is 22.6 Å². The summed E-state index contributed by atoms with van der Waals surface area (Å²) in [6.07, 6.45) is 1.78. The summed E-state index contributed by atoms with van der Waals surface area (Å²) in [7, 11) is 0. The lowest BCUT2D eigenvalue weighted by molar-refractivity contribution is 0.300. The van der Waals surface area contributed by atoms with E-state index in [9.17, 15) is 14.0 Å². The van der Waals surface area contributed by atoms with E-state index in [1.807, 2.05) is 44.2 Å². The summed E-state index contributed by atoms with van der Waals surface area (Å²) < 4.78 is 35.2. The SMILES string of the molecule is Cc1cc(/C=C(/C#N)c2nc3ccc(F)cc3[nH]2)c(C)n1-c1ccc(OCc2ccccc2F)cc1. The Kier molecular flexibility index (Phi) is 6.09. The Morgan fingerprint density at radius 2 is 1.83 bits per heavy atom. The van der Waals surface area contributed by atoms with Crippen LogP contribution in [-0.2, 0) is 6.61 Å². The largest absolute Gasteiger partial charge is 0.489 e. The Labute approximate surface area is 206 Å². The molecule has 0 aliphatic heterocycles. The molecule has 2 heterocycles. The number of hydrogen-bond donors (Lipinski definition) is 1. The Hall–Kier alpha value is -4.70. The van der Waals surface area contributed by atoms with Crippen LogP contribution in [0.5, 0.6) is 5.75 Å². The first-order valence-electron chi connectivity index (χ1n) is 11.4. The van der Waals surface area contributed by atoms with Crippen LogP contribution >= 0.6 is 0 Å². The Morgan fingerprint density at radius 3 is 2.58 bits per heavy atom. The van der Waals surface area contributed by atoms with Gasteiger partial charge in [0.15, 0.2) is 0 Å². The maximum atomic E-state index is 13.8. The Balaban J connectivity index is 1.40. The van der Waals surface area contributed by atoms with Gasteiger partial charge in [-0.3, -0.25) is 0 Å². The van der Waals surface area contributed by atoms with Gasteiger partial charge in [-0.25, -0.2) is 13.8 Å². The first-order chi connectivity index (χ1) is 17.4. The lowest BCUT2D eigenvalue weighted by Crippen LogP contribution is -2.01. The first kappa shape index (κ1) is 23.1. The molecule has 0 amide bonds. The molecule has 5 nitrogen and oxygen atoms in total. The van der Waals surface area contributed by atoms with E-state index in [0.29, 0.717) is 33.7 Å². The normalized spacial score (nSPS) is 11.6. The number of aryl methyl sites for hydroxylation is 1. The van der Waals surface area contributed by atoms with Gasteiger partial charge in [0.2, 0.25) is 0 Å². The summed E-state index contributed by atoms with van der Waals surface area (Å²) in [5.74, 6) is 0.365. The van der Waals surface area contributed by atoms with Crippen LogP contribution in [0.3, 0.4) is 0 Å². The summed E-state index contributed by atoms with van der Waals surface area (Å²) in [4.78, 5) is 7.46. The van der Waals surface area contributed by atoms with Crippen LogP contribution in [0.1, 0.15) is 28.3 Å². The van der Waals surface area contributed by atoms with Gasteiger partial charge in [-0.1, -0.05) is 18.2 Å². The zero-order chi connectivity index (χ0) is 25.2. The molecule has 0 bridgehead atoms. The van der Waals surface area contributed by atoms with E-state index in [2.05, 4.69) is 20.6 Å². The highest BCUT2D eigenvalue weighted by Crippen LogP contribution is 2.27. The quantitative estimate of drug-likeness (QED) is 0.269. The zero-order valence-corrected chi connectivity index (χ0v) is 19.7. The third kappa shape index (κ3) is 4.49. The van der Waals surface area contributed by atoms with Crippen molar-refractivity contribution in [2.45, 2.75) is 20.5 Å². The third-order valence-corrected chi connectivity index (χ3v) is 6.04. The Bertz CT molecular complexity index is 1640. The van der Waals surface area contributed by atoms with E-state index in [1.165, 1.54) is 18.2 Å². The molecule has 0 fully saturated rings. The molecule has 178 valence electrons. The molecule has 0 aliphatic rings. The van der Waals surface area contributed by atoms with E-state index < -0.39 is 0 Å². The van der Waals surface area contributed by atoms with Crippen LogP contribution in [0, 0.1) is 36.8 Å².